The van der Waals surface area contributed by atoms with Crippen LogP contribution < -0.4 is 5.32 Å². The molecule has 7 nitrogen and oxygen atoms in total. The summed E-state index contributed by atoms with van der Waals surface area (Å²) in [5.41, 5.74) is 0. The fourth-order valence-corrected chi connectivity index (χ4v) is 2.20. The van der Waals surface area contributed by atoms with Gasteiger partial charge in [-0.3, -0.25) is 4.79 Å². The van der Waals surface area contributed by atoms with E-state index in [4.69, 9.17) is 5.11 Å². The molecule has 104 valence electrons. The zero-order valence-corrected chi connectivity index (χ0v) is 10.6. The van der Waals surface area contributed by atoms with Crippen LogP contribution in [0.1, 0.15) is 18.7 Å². The van der Waals surface area contributed by atoms with E-state index in [0.717, 1.165) is 12.2 Å². The summed E-state index contributed by atoms with van der Waals surface area (Å²) >= 11 is 0. The summed E-state index contributed by atoms with van der Waals surface area (Å²) in [4.78, 5) is 31.4. The topological polar surface area (TPSA) is 98.3 Å². The van der Waals surface area contributed by atoms with Crippen molar-refractivity contribution >= 4 is 12.0 Å². The monoisotopic (exact) mass is 266 g/mol. The molecule has 1 unspecified atom stereocenters. The minimum absolute atomic E-state index is 0.197. The smallest absolute Gasteiger partial charge is 0.317 e. The first-order valence-electron chi connectivity index (χ1n) is 6.40. The second-order valence-corrected chi connectivity index (χ2v) is 4.64. The third-order valence-corrected chi connectivity index (χ3v) is 3.25. The predicted molar refractivity (Wildman–Crippen MR) is 67.6 cm³/mol. The van der Waals surface area contributed by atoms with Gasteiger partial charge in [0.2, 0.25) is 0 Å². The number of imidazole rings is 1. The van der Waals surface area contributed by atoms with Crippen molar-refractivity contribution in [3.63, 3.8) is 0 Å². The number of rotatable bonds is 4. The number of urea groups is 1. The number of carboxylic acids is 1. The average molecular weight is 266 g/mol. The Hall–Kier alpha value is -2.05. The van der Waals surface area contributed by atoms with Crippen LogP contribution in [0.3, 0.4) is 0 Å². The molecule has 1 fully saturated rings. The number of carbonyl (C=O) groups is 2. The van der Waals surface area contributed by atoms with E-state index >= 15 is 0 Å². The fourth-order valence-electron chi connectivity index (χ4n) is 2.20. The van der Waals surface area contributed by atoms with Gasteiger partial charge in [0, 0.05) is 38.4 Å². The molecule has 1 aliphatic heterocycles. The van der Waals surface area contributed by atoms with Gasteiger partial charge in [0.25, 0.3) is 0 Å². The van der Waals surface area contributed by atoms with Crippen LogP contribution in [-0.4, -0.2) is 51.6 Å². The summed E-state index contributed by atoms with van der Waals surface area (Å²) in [5, 5.41) is 11.8. The number of carbonyl (C=O) groups excluding carboxylic acids is 1. The zero-order valence-electron chi connectivity index (χ0n) is 10.6. The van der Waals surface area contributed by atoms with Gasteiger partial charge in [-0.2, -0.15) is 0 Å². The van der Waals surface area contributed by atoms with Gasteiger partial charge in [-0.1, -0.05) is 0 Å². The van der Waals surface area contributed by atoms with E-state index in [0.29, 0.717) is 32.5 Å². The second-order valence-electron chi connectivity index (χ2n) is 4.64. The lowest BCUT2D eigenvalue weighted by Crippen LogP contribution is -2.47. The van der Waals surface area contributed by atoms with Crippen LogP contribution in [-0.2, 0) is 11.2 Å². The number of amides is 2. The van der Waals surface area contributed by atoms with Gasteiger partial charge in [-0.15, -0.1) is 0 Å². The molecule has 19 heavy (non-hydrogen) atoms. The van der Waals surface area contributed by atoms with Crippen LogP contribution in [0.5, 0.6) is 0 Å². The van der Waals surface area contributed by atoms with Gasteiger partial charge in [-0.05, 0) is 12.8 Å². The normalized spacial score (nSPS) is 19.2. The summed E-state index contributed by atoms with van der Waals surface area (Å²) in [6, 6.07) is -0.197. The Balaban J connectivity index is 1.74. The highest BCUT2D eigenvalue weighted by molar-refractivity contribution is 5.76. The first-order chi connectivity index (χ1) is 9.16. The van der Waals surface area contributed by atoms with Gasteiger partial charge in [-0.25, -0.2) is 9.78 Å². The summed E-state index contributed by atoms with van der Waals surface area (Å²) in [5.74, 6) is -0.444. The number of hydrogen-bond donors (Lipinski definition) is 3. The number of nitrogens with one attached hydrogen (secondary N) is 2. The van der Waals surface area contributed by atoms with Gasteiger partial charge >= 0.3 is 12.0 Å². The van der Waals surface area contributed by atoms with Crippen molar-refractivity contribution in [2.24, 2.45) is 5.92 Å². The van der Waals surface area contributed by atoms with Gasteiger partial charge in [0.1, 0.15) is 5.82 Å². The van der Waals surface area contributed by atoms with Crippen LogP contribution in [0, 0.1) is 5.92 Å². The Morgan fingerprint density at radius 1 is 1.58 bits per heavy atom. The summed E-state index contributed by atoms with van der Waals surface area (Å²) in [6.45, 7) is 1.40. The lowest BCUT2D eigenvalue weighted by molar-refractivity contribution is -0.143. The van der Waals surface area contributed by atoms with Crippen molar-refractivity contribution in [1.82, 2.24) is 20.2 Å². The lowest BCUT2D eigenvalue weighted by atomic mass is 9.99. The Kier molecular flexibility index (Phi) is 4.38. The third kappa shape index (κ3) is 3.70. The number of nitrogens with zero attached hydrogens (tertiary/aromatic N) is 2. The molecule has 1 atom stereocenters. The molecule has 0 radical (unpaired) electrons. The van der Waals surface area contributed by atoms with Crippen LogP contribution in [0.2, 0.25) is 0 Å². The first kappa shape index (κ1) is 13.4. The van der Waals surface area contributed by atoms with Crippen molar-refractivity contribution in [2.75, 3.05) is 19.6 Å². The molecule has 2 rings (SSSR count). The van der Waals surface area contributed by atoms with Crippen molar-refractivity contribution in [2.45, 2.75) is 19.3 Å². The lowest BCUT2D eigenvalue weighted by Gasteiger charge is -2.30. The van der Waals surface area contributed by atoms with Crippen molar-refractivity contribution < 1.29 is 14.7 Å². The molecule has 0 spiro atoms. The molecule has 7 heteroatoms. The standard InChI is InChI=1S/C12H18N4O3/c17-11(18)9-2-1-7-16(8-9)12(19)15-4-3-10-13-5-6-14-10/h5-6,9H,1-4,7-8H2,(H,13,14)(H,15,19)(H,17,18). The molecule has 0 aromatic carbocycles. The molecule has 1 aromatic rings. The molecular formula is C12H18N4O3. The van der Waals surface area contributed by atoms with E-state index in [9.17, 15) is 9.59 Å². The summed E-state index contributed by atoms with van der Waals surface area (Å²) in [6.07, 6.45) is 5.42. The van der Waals surface area contributed by atoms with Gasteiger partial charge in [0.15, 0.2) is 0 Å². The number of H-pyrrole nitrogens is 1. The molecule has 1 aromatic heterocycles. The molecule has 2 amide bonds. The van der Waals surface area contributed by atoms with E-state index < -0.39 is 11.9 Å². The quantitative estimate of drug-likeness (QED) is 0.737. The Labute approximate surface area is 111 Å². The molecule has 0 saturated carbocycles. The average Bonchev–Trinajstić information content (AvgIpc) is 2.92. The van der Waals surface area contributed by atoms with E-state index in [1.54, 1.807) is 17.3 Å². The molecule has 0 bridgehead atoms. The van der Waals surface area contributed by atoms with Crippen LogP contribution in [0.25, 0.3) is 0 Å². The number of aromatic amines is 1. The van der Waals surface area contributed by atoms with E-state index in [1.807, 2.05) is 0 Å². The van der Waals surface area contributed by atoms with Crippen LogP contribution in [0.4, 0.5) is 4.79 Å². The minimum atomic E-state index is -0.826. The van der Waals surface area contributed by atoms with Crippen LogP contribution in [0.15, 0.2) is 12.4 Å². The number of piperidine rings is 1. The maximum atomic E-state index is 11.9. The highest BCUT2D eigenvalue weighted by atomic mass is 16.4. The highest BCUT2D eigenvalue weighted by Crippen LogP contribution is 2.16. The largest absolute Gasteiger partial charge is 0.481 e. The third-order valence-electron chi connectivity index (χ3n) is 3.25. The molecule has 3 N–H and O–H groups in total. The van der Waals surface area contributed by atoms with E-state index in [-0.39, 0.29) is 6.03 Å². The first-order valence-corrected chi connectivity index (χ1v) is 6.40. The van der Waals surface area contributed by atoms with Crippen molar-refractivity contribution in [3.8, 4) is 0 Å². The number of aromatic nitrogens is 2. The Bertz CT molecular complexity index is 432. The number of aliphatic carboxylic acids is 1. The van der Waals surface area contributed by atoms with Crippen molar-refractivity contribution in [3.05, 3.63) is 18.2 Å². The van der Waals surface area contributed by atoms with Gasteiger partial charge in [0.05, 0.1) is 5.92 Å². The Morgan fingerprint density at radius 2 is 2.42 bits per heavy atom. The minimum Gasteiger partial charge on any atom is -0.481 e. The highest BCUT2D eigenvalue weighted by Gasteiger charge is 2.27. The summed E-state index contributed by atoms with van der Waals surface area (Å²) in [7, 11) is 0. The number of hydrogen-bond acceptors (Lipinski definition) is 3. The second kappa shape index (κ2) is 6.21. The maximum Gasteiger partial charge on any atom is 0.317 e. The van der Waals surface area contributed by atoms with E-state index in [2.05, 4.69) is 15.3 Å². The number of likely N-dealkylation sites (tertiary alicyclic amines) is 1. The molecule has 0 aliphatic carbocycles. The van der Waals surface area contributed by atoms with Crippen LogP contribution >= 0.6 is 0 Å². The van der Waals surface area contributed by atoms with Gasteiger partial charge < -0.3 is 20.3 Å². The zero-order chi connectivity index (χ0) is 13.7. The molecule has 2 heterocycles. The molecule has 1 saturated heterocycles. The predicted octanol–water partition coefficient (Wildman–Crippen LogP) is 0.458. The maximum absolute atomic E-state index is 11.9. The fraction of sp³-hybridized carbons (Fsp3) is 0.583. The van der Waals surface area contributed by atoms with Crippen molar-refractivity contribution in [1.29, 1.82) is 0 Å². The number of carboxylic acid groups (broad SMARTS) is 1. The Morgan fingerprint density at radius 3 is 3.11 bits per heavy atom. The molecular weight excluding hydrogens is 248 g/mol. The van der Waals surface area contributed by atoms with E-state index in [1.165, 1.54) is 0 Å². The molecule has 1 aliphatic rings. The summed E-state index contributed by atoms with van der Waals surface area (Å²) < 4.78 is 0. The SMILES string of the molecule is O=C(O)C1CCCN(C(=O)NCCc2ncc[nH]2)C1.